The Balaban J connectivity index is 2.52. The first-order valence-corrected chi connectivity index (χ1v) is 7.46. The fourth-order valence-corrected chi connectivity index (χ4v) is 1.84. The van der Waals surface area contributed by atoms with Gasteiger partial charge in [0.15, 0.2) is 17.5 Å². The number of hydrogen-bond acceptors (Lipinski definition) is 6. The number of nitrogens with zero attached hydrogens (tertiary/aromatic N) is 3. The van der Waals surface area contributed by atoms with E-state index in [-0.39, 0.29) is 23.3 Å². The molecule has 8 heteroatoms. The zero-order chi connectivity index (χ0) is 16.5. The van der Waals surface area contributed by atoms with Gasteiger partial charge in [0.05, 0.1) is 5.69 Å². The maximum Gasteiger partial charge on any atom is 0.280 e. The lowest BCUT2D eigenvalue weighted by atomic mass is 10.2. The van der Waals surface area contributed by atoms with Crippen LogP contribution >= 0.6 is 0 Å². The van der Waals surface area contributed by atoms with E-state index in [2.05, 4.69) is 27.2 Å². The lowest BCUT2D eigenvalue weighted by Crippen LogP contribution is -2.38. The molecule has 8 nitrogen and oxygen atoms in total. The summed E-state index contributed by atoms with van der Waals surface area (Å²) >= 11 is 0. The van der Waals surface area contributed by atoms with Crippen molar-refractivity contribution < 1.29 is 4.79 Å². The van der Waals surface area contributed by atoms with E-state index in [9.17, 15) is 4.79 Å². The first-order valence-electron chi connectivity index (χ1n) is 7.46. The largest absolute Gasteiger partial charge is 0.382 e. The average Bonchev–Trinajstić information content (AvgIpc) is 2.46. The molecule has 122 valence electrons. The summed E-state index contributed by atoms with van der Waals surface area (Å²) in [5.41, 5.74) is 17.3. The molecule has 0 atom stereocenters. The molecule has 1 rings (SSSR count). The van der Waals surface area contributed by atoms with Crippen LogP contribution in [0.4, 0.5) is 11.6 Å². The molecule has 0 saturated carbocycles. The maximum absolute atomic E-state index is 12.0. The van der Waals surface area contributed by atoms with Gasteiger partial charge in [0.2, 0.25) is 0 Å². The Kier molecular flexibility index (Phi) is 7.07. The molecule has 0 saturated heterocycles. The quantitative estimate of drug-likeness (QED) is 0.335. The molecular formula is C14H25N7O. The minimum atomic E-state index is -0.541. The zero-order valence-corrected chi connectivity index (χ0v) is 13.2. The van der Waals surface area contributed by atoms with Gasteiger partial charge in [0, 0.05) is 6.54 Å². The number of amides is 1. The van der Waals surface area contributed by atoms with Gasteiger partial charge < -0.3 is 17.2 Å². The maximum atomic E-state index is 12.0. The minimum Gasteiger partial charge on any atom is -0.382 e. The van der Waals surface area contributed by atoms with Crippen LogP contribution in [0.5, 0.6) is 0 Å². The Hall–Kier alpha value is -2.38. The van der Waals surface area contributed by atoms with Crippen LogP contribution < -0.4 is 22.5 Å². The highest BCUT2D eigenvalue weighted by Gasteiger charge is 2.15. The van der Waals surface area contributed by atoms with Gasteiger partial charge in [0.1, 0.15) is 5.82 Å². The number of carbonyl (C=O) groups excluding carboxylic acids is 1. The van der Waals surface area contributed by atoms with Crippen molar-refractivity contribution in [3.63, 3.8) is 0 Å². The van der Waals surface area contributed by atoms with E-state index >= 15 is 0 Å². The van der Waals surface area contributed by atoms with E-state index in [1.54, 1.807) is 6.92 Å². The number of anilines is 2. The van der Waals surface area contributed by atoms with Crippen molar-refractivity contribution in [1.29, 1.82) is 0 Å². The van der Waals surface area contributed by atoms with Crippen LogP contribution in [0.2, 0.25) is 0 Å². The molecule has 0 bridgehead atoms. The second-order valence-electron chi connectivity index (χ2n) is 5.06. The zero-order valence-electron chi connectivity index (χ0n) is 13.2. The number of nitrogens with one attached hydrogen (secondary N) is 1. The Morgan fingerprint density at radius 1 is 1.14 bits per heavy atom. The SMILES string of the molecule is CCCCCCCN=C(N)NC(=O)c1nc(C)c(N)nc1N. The average molecular weight is 307 g/mol. The number of nitrogen functional groups attached to an aromatic ring is 2. The van der Waals surface area contributed by atoms with E-state index in [0.29, 0.717) is 12.2 Å². The third kappa shape index (κ3) is 5.55. The van der Waals surface area contributed by atoms with Gasteiger partial charge in [-0.1, -0.05) is 32.6 Å². The molecule has 0 unspecified atom stereocenters. The van der Waals surface area contributed by atoms with Gasteiger partial charge in [-0.15, -0.1) is 0 Å². The van der Waals surface area contributed by atoms with Gasteiger partial charge in [-0.25, -0.2) is 9.97 Å². The summed E-state index contributed by atoms with van der Waals surface area (Å²) in [5.74, 6) is -0.327. The van der Waals surface area contributed by atoms with Crippen LogP contribution in [-0.4, -0.2) is 28.4 Å². The van der Waals surface area contributed by atoms with E-state index in [4.69, 9.17) is 17.2 Å². The number of nitrogens with two attached hydrogens (primary N) is 3. The molecule has 1 heterocycles. The number of aliphatic imine (C=N–C) groups is 1. The molecule has 0 spiro atoms. The van der Waals surface area contributed by atoms with E-state index in [1.807, 2.05) is 0 Å². The van der Waals surface area contributed by atoms with Crippen LogP contribution in [0.3, 0.4) is 0 Å². The van der Waals surface area contributed by atoms with Gasteiger partial charge in [0.25, 0.3) is 5.91 Å². The van der Waals surface area contributed by atoms with Crippen molar-refractivity contribution >= 4 is 23.5 Å². The topological polar surface area (TPSA) is 145 Å². The van der Waals surface area contributed by atoms with Gasteiger partial charge in [-0.2, -0.15) is 0 Å². The molecular weight excluding hydrogens is 282 g/mol. The molecule has 1 aromatic rings. The highest BCUT2D eigenvalue weighted by molar-refractivity contribution is 6.06. The summed E-state index contributed by atoms with van der Waals surface area (Å²) < 4.78 is 0. The third-order valence-electron chi connectivity index (χ3n) is 3.13. The van der Waals surface area contributed by atoms with Crippen LogP contribution in [0.1, 0.15) is 55.2 Å². The fourth-order valence-electron chi connectivity index (χ4n) is 1.84. The first-order chi connectivity index (χ1) is 10.5. The number of aromatic nitrogens is 2. The summed E-state index contributed by atoms with van der Waals surface area (Å²) in [6.45, 7) is 4.39. The normalized spacial score (nSPS) is 11.5. The van der Waals surface area contributed by atoms with Crippen molar-refractivity contribution in [1.82, 2.24) is 15.3 Å². The first kappa shape index (κ1) is 17.7. The standard InChI is InChI=1S/C14H25N7O/c1-3-4-5-6-7-8-18-14(17)21-13(22)10-12(16)20-11(15)9(2)19-10/h3-8H2,1-2H3,(H4,15,16,20)(H3,17,18,21,22). The number of rotatable bonds is 7. The number of unbranched alkanes of at least 4 members (excludes halogenated alkanes) is 4. The molecule has 0 aliphatic carbocycles. The van der Waals surface area contributed by atoms with Crippen LogP contribution in [0, 0.1) is 6.92 Å². The van der Waals surface area contributed by atoms with Crippen molar-refractivity contribution in [2.75, 3.05) is 18.0 Å². The molecule has 0 aliphatic heterocycles. The Morgan fingerprint density at radius 3 is 2.50 bits per heavy atom. The molecule has 1 amide bonds. The molecule has 0 radical (unpaired) electrons. The van der Waals surface area contributed by atoms with E-state index < -0.39 is 5.91 Å². The van der Waals surface area contributed by atoms with Crippen molar-refractivity contribution in [2.24, 2.45) is 10.7 Å². The van der Waals surface area contributed by atoms with Gasteiger partial charge in [-0.05, 0) is 13.3 Å². The number of aryl methyl sites for hydroxylation is 1. The van der Waals surface area contributed by atoms with Crippen molar-refractivity contribution in [3.8, 4) is 0 Å². The third-order valence-corrected chi connectivity index (χ3v) is 3.13. The summed E-state index contributed by atoms with van der Waals surface area (Å²) in [4.78, 5) is 24.0. The van der Waals surface area contributed by atoms with Crippen molar-refractivity contribution in [3.05, 3.63) is 11.4 Å². The van der Waals surface area contributed by atoms with Crippen LogP contribution in [0.15, 0.2) is 4.99 Å². The molecule has 22 heavy (non-hydrogen) atoms. The molecule has 0 fully saturated rings. The van der Waals surface area contributed by atoms with E-state index in [1.165, 1.54) is 19.3 Å². The minimum absolute atomic E-state index is 0.00667. The van der Waals surface area contributed by atoms with Crippen molar-refractivity contribution in [2.45, 2.75) is 46.0 Å². The lowest BCUT2D eigenvalue weighted by Gasteiger charge is -2.08. The summed E-state index contributed by atoms with van der Waals surface area (Å²) in [6.07, 6.45) is 5.66. The molecule has 7 N–H and O–H groups in total. The molecule has 0 aromatic carbocycles. The van der Waals surface area contributed by atoms with Gasteiger partial charge in [-0.3, -0.25) is 15.1 Å². The number of carbonyl (C=O) groups is 1. The smallest absolute Gasteiger partial charge is 0.280 e. The van der Waals surface area contributed by atoms with Gasteiger partial charge >= 0.3 is 0 Å². The molecule has 1 aromatic heterocycles. The van der Waals surface area contributed by atoms with Crippen LogP contribution in [-0.2, 0) is 0 Å². The predicted molar refractivity (Wildman–Crippen MR) is 88.3 cm³/mol. The second kappa shape index (κ2) is 8.81. The highest BCUT2D eigenvalue weighted by Crippen LogP contribution is 2.11. The lowest BCUT2D eigenvalue weighted by molar-refractivity contribution is 0.0972. The molecule has 0 aliphatic rings. The number of guanidine groups is 1. The van der Waals surface area contributed by atoms with Crippen LogP contribution in [0.25, 0.3) is 0 Å². The number of hydrogen-bond donors (Lipinski definition) is 4. The second-order valence-corrected chi connectivity index (χ2v) is 5.06. The summed E-state index contributed by atoms with van der Waals surface area (Å²) in [5, 5.41) is 2.45. The fraction of sp³-hybridized carbons (Fsp3) is 0.571. The van der Waals surface area contributed by atoms with E-state index in [0.717, 1.165) is 12.8 Å². The Bertz CT molecular complexity index is 542. The highest BCUT2D eigenvalue weighted by atomic mass is 16.2. The Labute approximate surface area is 130 Å². The predicted octanol–water partition coefficient (Wildman–Crippen LogP) is 0.964. The summed E-state index contributed by atoms with van der Waals surface area (Å²) in [6, 6.07) is 0. The monoisotopic (exact) mass is 307 g/mol. The summed E-state index contributed by atoms with van der Waals surface area (Å²) in [7, 11) is 0. The Morgan fingerprint density at radius 2 is 1.82 bits per heavy atom.